The van der Waals surface area contributed by atoms with Crippen LogP contribution in [0.3, 0.4) is 0 Å². The van der Waals surface area contributed by atoms with Crippen LogP contribution in [-0.4, -0.2) is 22.0 Å². The van der Waals surface area contributed by atoms with Gasteiger partial charge in [-0.1, -0.05) is 29.8 Å². The van der Waals surface area contributed by atoms with Gasteiger partial charge in [-0.25, -0.2) is 4.39 Å². The number of carbonyl (C=O) groups is 1. The van der Waals surface area contributed by atoms with Gasteiger partial charge in [0.25, 0.3) is 0 Å². The van der Waals surface area contributed by atoms with Gasteiger partial charge in [0.05, 0.1) is 0 Å². The molecule has 0 fully saturated rings. The molecule has 3 rings (SSSR count). The lowest BCUT2D eigenvalue weighted by molar-refractivity contribution is -0.144. The van der Waals surface area contributed by atoms with E-state index in [2.05, 4.69) is 0 Å². The van der Waals surface area contributed by atoms with Gasteiger partial charge in [-0.2, -0.15) is 0 Å². The van der Waals surface area contributed by atoms with Gasteiger partial charge >= 0.3 is 5.97 Å². The molecule has 1 atom stereocenters. The molecule has 0 bridgehead atoms. The molecule has 0 aliphatic carbocycles. The third kappa shape index (κ3) is 4.02. The quantitative estimate of drug-likeness (QED) is 0.907. The Labute approximate surface area is 145 Å². The Morgan fingerprint density at radius 2 is 1.91 bits per heavy atom. The molecule has 2 aromatic rings. The van der Waals surface area contributed by atoms with Crippen molar-refractivity contribution in [2.75, 3.05) is 0 Å². The Kier molecular flexibility index (Phi) is 5.63. The van der Waals surface area contributed by atoms with Crippen LogP contribution in [0.5, 0.6) is 0 Å². The SMILES string of the molecule is Cl.O=C(O)C1Cc2ccc(Cl)cc2CN1Cc1ccc(F)cc1. The number of hydrogen-bond acceptors (Lipinski definition) is 2. The van der Waals surface area contributed by atoms with Crippen LogP contribution in [0.1, 0.15) is 16.7 Å². The second-order valence-electron chi connectivity index (χ2n) is 5.50. The number of aliphatic carboxylic acids is 1. The van der Waals surface area contributed by atoms with E-state index in [1.807, 2.05) is 17.0 Å². The second-order valence-corrected chi connectivity index (χ2v) is 5.94. The van der Waals surface area contributed by atoms with E-state index in [4.69, 9.17) is 11.6 Å². The Morgan fingerprint density at radius 3 is 2.57 bits per heavy atom. The summed E-state index contributed by atoms with van der Waals surface area (Å²) in [5.74, 6) is -1.14. The summed E-state index contributed by atoms with van der Waals surface area (Å²) in [7, 11) is 0. The highest BCUT2D eigenvalue weighted by atomic mass is 35.5. The summed E-state index contributed by atoms with van der Waals surface area (Å²) in [5.41, 5.74) is 2.96. The van der Waals surface area contributed by atoms with Gasteiger partial charge in [0.2, 0.25) is 0 Å². The van der Waals surface area contributed by atoms with Crippen molar-refractivity contribution in [3.63, 3.8) is 0 Å². The summed E-state index contributed by atoms with van der Waals surface area (Å²) in [5, 5.41) is 10.1. The fourth-order valence-electron chi connectivity index (χ4n) is 2.84. The normalized spacial score (nSPS) is 17.2. The average molecular weight is 356 g/mol. The highest BCUT2D eigenvalue weighted by molar-refractivity contribution is 6.30. The minimum atomic E-state index is -0.845. The third-order valence-electron chi connectivity index (χ3n) is 3.98. The summed E-state index contributed by atoms with van der Waals surface area (Å²) in [6.07, 6.45) is 0.447. The van der Waals surface area contributed by atoms with Gasteiger partial charge in [0.1, 0.15) is 11.9 Å². The largest absolute Gasteiger partial charge is 0.480 e. The van der Waals surface area contributed by atoms with E-state index in [1.54, 1.807) is 18.2 Å². The van der Waals surface area contributed by atoms with Gasteiger partial charge in [0, 0.05) is 18.1 Å². The van der Waals surface area contributed by atoms with Crippen molar-refractivity contribution >= 4 is 30.0 Å². The number of benzene rings is 2. The maximum absolute atomic E-state index is 13.0. The number of rotatable bonds is 3. The van der Waals surface area contributed by atoms with Crippen molar-refractivity contribution in [2.24, 2.45) is 0 Å². The lowest BCUT2D eigenvalue weighted by Crippen LogP contribution is -2.45. The van der Waals surface area contributed by atoms with E-state index >= 15 is 0 Å². The Balaban J connectivity index is 0.00000192. The fourth-order valence-corrected chi connectivity index (χ4v) is 3.04. The average Bonchev–Trinajstić information content (AvgIpc) is 2.48. The molecule has 1 aliphatic rings. The minimum absolute atomic E-state index is 0. The van der Waals surface area contributed by atoms with Gasteiger partial charge in [-0.05, 0) is 47.4 Å². The summed E-state index contributed by atoms with van der Waals surface area (Å²) >= 11 is 6.02. The summed E-state index contributed by atoms with van der Waals surface area (Å²) < 4.78 is 13.0. The number of nitrogens with zero attached hydrogens (tertiary/aromatic N) is 1. The molecule has 0 radical (unpaired) electrons. The highest BCUT2D eigenvalue weighted by Crippen LogP contribution is 2.27. The number of fused-ring (bicyclic) bond motifs is 1. The van der Waals surface area contributed by atoms with E-state index in [0.717, 1.165) is 16.7 Å². The summed E-state index contributed by atoms with van der Waals surface area (Å²) in [4.78, 5) is 13.4. The maximum Gasteiger partial charge on any atom is 0.321 e. The van der Waals surface area contributed by atoms with Crippen LogP contribution in [0.15, 0.2) is 42.5 Å². The molecule has 1 aliphatic heterocycles. The molecule has 3 nitrogen and oxygen atoms in total. The van der Waals surface area contributed by atoms with Gasteiger partial charge in [-0.3, -0.25) is 9.69 Å². The molecule has 2 aromatic carbocycles. The first-order valence-corrected chi connectivity index (χ1v) is 7.39. The van der Waals surface area contributed by atoms with Crippen molar-refractivity contribution in [3.8, 4) is 0 Å². The van der Waals surface area contributed by atoms with E-state index < -0.39 is 12.0 Å². The smallest absolute Gasteiger partial charge is 0.321 e. The second kappa shape index (κ2) is 7.30. The molecule has 0 saturated carbocycles. The predicted octanol–water partition coefficient (Wildman–Crippen LogP) is 3.91. The van der Waals surface area contributed by atoms with Crippen molar-refractivity contribution < 1.29 is 14.3 Å². The van der Waals surface area contributed by atoms with Crippen molar-refractivity contribution in [1.82, 2.24) is 4.90 Å². The Morgan fingerprint density at radius 1 is 1.22 bits per heavy atom. The first-order chi connectivity index (χ1) is 10.5. The van der Waals surface area contributed by atoms with E-state index in [-0.39, 0.29) is 18.2 Å². The van der Waals surface area contributed by atoms with Gasteiger partial charge in [0.15, 0.2) is 0 Å². The van der Waals surface area contributed by atoms with Gasteiger partial charge in [-0.15, -0.1) is 12.4 Å². The minimum Gasteiger partial charge on any atom is -0.480 e. The maximum atomic E-state index is 13.0. The number of carboxylic acid groups (broad SMARTS) is 1. The Hall–Kier alpha value is -1.62. The van der Waals surface area contributed by atoms with Crippen LogP contribution >= 0.6 is 24.0 Å². The topological polar surface area (TPSA) is 40.5 Å². The van der Waals surface area contributed by atoms with E-state index in [0.29, 0.717) is 24.5 Å². The molecule has 0 spiro atoms. The number of halogens is 3. The van der Waals surface area contributed by atoms with Gasteiger partial charge < -0.3 is 5.11 Å². The zero-order chi connectivity index (χ0) is 15.7. The molecular weight excluding hydrogens is 340 g/mol. The van der Waals surface area contributed by atoms with E-state index in [9.17, 15) is 14.3 Å². The Bertz CT molecular complexity index is 706. The van der Waals surface area contributed by atoms with E-state index in [1.165, 1.54) is 12.1 Å². The lowest BCUT2D eigenvalue weighted by Gasteiger charge is -2.34. The first kappa shape index (κ1) is 17.7. The molecule has 0 saturated heterocycles. The monoisotopic (exact) mass is 355 g/mol. The molecule has 0 aromatic heterocycles. The molecule has 1 unspecified atom stereocenters. The molecule has 23 heavy (non-hydrogen) atoms. The number of hydrogen-bond donors (Lipinski definition) is 1. The van der Waals surface area contributed by atoms with Crippen LogP contribution in [-0.2, 0) is 24.3 Å². The van der Waals surface area contributed by atoms with Crippen molar-refractivity contribution in [2.45, 2.75) is 25.6 Å². The lowest BCUT2D eigenvalue weighted by atomic mass is 9.93. The zero-order valence-corrected chi connectivity index (χ0v) is 13.8. The van der Waals surface area contributed by atoms with Crippen molar-refractivity contribution in [1.29, 1.82) is 0 Å². The highest BCUT2D eigenvalue weighted by Gasteiger charge is 2.31. The molecule has 6 heteroatoms. The zero-order valence-electron chi connectivity index (χ0n) is 12.2. The first-order valence-electron chi connectivity index (χ1n) is 7.01. The third-order valence-corrected chi connectivity index (χ3v) is 4.21. The fraction of sp³-hybridized carbons (Fsp3) is 0.235. The van der Waals surface area contributed by atoms with Crippen LogP contribution in [0, 0.1) is 5.82 Å². The molecule has 0 amide bonds. The summed E-state index contributed by atoms with van der Waals surface area (Å²) in [6, 6.07) is 11.1. The predicted molar refractivity (Wildman–Crippen MR) is 89.5 cm³/mol. The molecule has 1 N–H and O–H groups in total. The number of carboxylic acids is 1. The van der Waals surface area contributed by atoms with Crippen molar-refractivity contribution in [3.05, 3.63) is 70.0 Å². The molecular formula is C17H16Cl2FNO2. The van der Waals surface area contributed by atoms with Crippen LogP contribution < -0.4 is 0 Å². The summed E-state index contributed by atoms with van der Waals surface area (Å²) in [6.45, 7) is 0.980. The van der Waals surface area contributed by atoms with Crippen LogP contribution in [0.4, 0.5) is 4.39 Å². The van der Waals surface area contributed by atoms with Crippen LogP contribution in [0.2, 0.25) is 5.02 Å². The molecule has 1 heterocycles. The molecule has 122 valence electrons. The standard InChI is InChI=1S/C17H15ClFNO2.ClH/c18-14-4-3-12-8-16(17(21)22)20(10-13(12)7-14)9-11-1-5-15(19)6-2-11;/h1-7,16H,8-10H2,(H,21,22);1H. The van der Waals surface area contributed by atoms with Crippen LogP contribution in [0.25, 0.3) is 0 Å².